The van der Waals surface area contributed by atoms with Crippen LogP contribution in [0, 0.1) is 5.82 Å². The zero-order valence-corrected chi connectivity index (χ0v) is 17.5. The second-order valence-electron chi connectivity index (χ2n) is 7.44. The van der Waals surface area contributed by atoms with E-state index in [9.17, 15) is 18.8 Å². The number of hydrogen-bond donors (Lipinski definition) is 1. The van der Waals surface area contributed by atoms with Crippen LogP contribution in [0.1, 0.15) is 28.4 Å². The van der Waals surface area contributed by atoms with Crippen molar-refractivity contribution in [2.75, 3.05) is 0 Å². The molecule has 0 saturated heterocycles. The predicted octanol–water partition coefficient (Wildman–Crippen LogP) is 3.30. The quantitative estimate of drug-likeness (QED) is 0.476. The molecule has 0 aliphatic heterocycles. The minimum atomic E-state index is -0.581. The normalized spacial score (nSPS) is 10.9. The van der Waals surface area contributed by atoms with Crippen molar-refractivity contribution in [3.05, 3.63) is 116 Å². The molecule has 0 aliphatic rings. The molecule has 0 unspecified atom stereocenters. The number of rotatable bonds is 6. The zero-order chi connectivity index (χ0) is 22.7. The van der Waals surface area contributed by atoms with Crippen LogP contribution in [0.2, 0.25) is 0 Å². The fraction of sp³-hybridized carbons (Fsp3) is 0.160. The van der Waals surface area contributed by atoms with Gasteiger partial charge in [-0.1, -0.05) is 36.4 Å². The summed E-state index contributed by atoms with van der Waals surface area (Å²) < 4.78 is 16.2. The van der Waals surface area contributed by atoms with E-state index in [1.165, 1.54) is 21.3 Å². The molecule has 3 aromatic carbocycles. The first-order valence-corrected chi connectivity index (χ1v) is 10.3. The Labute approximate surface area is 183 Å². The van der Waals surface area contributed by atoms with Crippen molar-refractivity contribution in [3.63, 3.8) is 0 Å². The largest absolute Gasteiger partial charge is 0.348 e. The van der Waals surface area contributed by atoms with Crippen molar-refractivity contribution in [1.82, 2.24) is 14.5 Å². The van der Waals surface area contributed by atoms with E-state index in [4.69, 9.17) is 0 Å². The van der Waals surface area contributed by atoms with Gasteiger partial charge in [-0.3, -0.25) is 19.0 Å². The van der Waals surface area contributed by atoms with Crippen LogP contribution in [0.3, 0.4) is 0 Å². The van der Waals surface area contributed by atoms with Gasteiger partial charge < -0.3 is 9.88 Å². The average molecular weight is 431 g/mol. The minimum absolute atomic E-state index is 0.213. The Hall–Kier alpha value is -4.00. The van der Waals surface area contributed by atoms with Crippen LogP contribution < -0.4 is 16.4 Å². The number of hydrogen-bond acceptors (Lipinski definition) is 3. The summed E-state index contributed by atoms with van der Waals surface area (Å²) in [5, 5.41) is 2.76. The van der Waals surface area contributed by atoms with Gasteiger partial charge in [-0.05, 0) is 54.4 Å². The molecule has 6 nitrogen and oxygen atoms in total. The lowest BCUT2D eigenvalue weighted by Gasteiger charge is -2.14. The van der Waals surface area contributed by atoms with Crippen LogP contribution in [0.5, 0.6) is 0 Å². The number of carbonyl (C=O) groups is 1. The van der Waals surface area contributed by atoms with Gasteiger partial charge in [0.1, 0.15) is 5.82 Å². The molecule has 7 heteroatoms. The number of fused-ring (bicyclic) bond motifs is 1. The fourth-order valence-electron chi connectivity index (χ4n) is 3.72. The van der Waals surface area contributed by atoms with Crippen LogP contribution in [-0.4, -0.2) is 15.0 Å². The molecule has 0 fully saturated rings. The predicted molar refractivity (Wildman–Crippen MR) is 121 cm³/mol. The minimum Gasteiger partial charge on any atom is -0.348 e. The van der Waals surface area contributed by atoms with Crippen molar-refractivity contribution in [2.45, 2.75) is 26.6 Å². The Morgan fingerprint density at radius 3 is 2.16 bits per heavy atom. The topological polar surface area (TPSA) is 73.1 Å². The number of nitrogens with one attached hydrogen (secondary N) is 1. The maximum atomic E-state index is 13.3. The van der Waals surface area contributed by atoms with Gasteiger partial charge in [0.15, 0.2) is 0 Å². The molecule has 1 amide bonds. The number of halogens is 1. The van der Waals surface area contributed by atoms with Gasteiger partial charge in [0.05, 0.1) is 17.6 Å². The molecule has 0 radical (unpaired) electrons. The SMILES string of the molecule is CCn1c(=O)c(=O)n(Cc2ccc(C(=O)NCc3cccc(F)c3)cc2)c2ccccc21. The van der Waals surface area contributed by atoms with Crippen molar-refractivity contribution >= 4 is 16.9 Å². The summed E-state index contributed by atoms with van der Waals surface area (Å²) in [6, 6.07) is 20.2. The van der Waals surface area contributed by atoms with Crippen molar-refractivity contribution < 1.29 is 9.18 Å². The standard InChI is InChI=1S/C25H22FN3O3/c1-2-28-21-8-3-4-9-22(21)29(25(32)24(28)31)16-17-10-12-19(13-11-17)23(30)27-15-18-6-5-7-20(26)14-18/h3-14H,2,15-16H2,1H3,(H,27,30). The van der Waals surface area contributed by atoms with E-state index < -0.39 is 11.1 Å². The van der Waals surface area contributed by atoms with E-state index in [0.717, 1.165) is 5.56 Å². The van der Waals surface area contributed by atoms with Gasteiger partial charge in [0.2, 0.25) is 0 Å². The van der Waals surface area contributed by atoms with Crippen LogP contribution in [-0.2, 0) is 19.6 Å². The van der Waals surface area contributed by atoms with Gasteiger partial charge >= 0.3 is 11.1 Å². The molecule has 0 atom stereocenters. The van der Waals surface area contributed by atoms with Gasteiger partial charge in [0, 0.05) is 18.7 Å². The molecular weight excluding hydrogens is 409 g/mol. The van der Waals surface area contributed by atoms with E-state index in [1.807, 2.05) is 31.2 Å². The number of para-hydroxylation sites is 2. The second kappa shape index (κ2) is 9.01. The molecule has 32 heavy (non-hydrogen) atoms. The number of nitrogens with zero attached hydrogens (tertiary/aromatic N) is 2. The maximum Gasteiger partial charge on any atom is 0.317 e. The highest BCUT2D eigenvalue weighted by molar-refractivity contribution is 5.94. The first-order chi connectivity index (χ1) is 15.5. The van der Waals surface area contributed by atoms with Crippen LogP contribution in [0.25, 0.3) is 11.0 Å². The number of amides is 1. The molecule has 4 aromatic rings. The Balaban J connectivity index is 1.55. The van der Waals surface area contributed by atoms with Crippen LogP contribution >= 0.6 is 0 Å². The smallest absolute Gasteiger partial charge is 0.317 e. The fourth-order valence-corrected chi connectivity index (χ4v) is 3.72. The first-order valence-electron chi connectivity index (χ1n) is 10.3. The van der Waals surface area contributed by atoms with E-state index in [0.29, 0.717) is 28.7 Å². The van der Waals surface area contributed by atoms with Gasteiger partial charge in [-0.2, -0.15) is 0 Å². The average Bonchev–Trinajstić information content (AvgIpc) is 2.81. The summed E-state index contributed by atoms with van der Waals surface area (Å²) in [5.41, 5.74) is 2.14. The molecule has 0 aliphatic carbocycles. The highest BCUT2D eigenvalue weighted by Crippen LogP contribution is 2.13. The number of aromatic nitrogens is 2. The number of benzene rings is 3. The van der Waals surface area contributed by atoms with Crippen molar-refractivity contribution in [3.8, 4) is 0 Å². The second-order valence-corrected chi connectivity index (χ2v) is 7.44. The third-order valence-electron chi connectivity index (χ3n) is 5.35. The van der Waals surface area contributed by atoms with E-state index in [2.05, 4.69) is 5.32 Å². The van der Waals surface area contributed by atoms with Crippen LogP contribution in [0.4, 0.5) is 4.39 Å². The first kappa shape index (κ1) is 21.2. The highest BCUT2D eigenvalue weighted by atomic mass is 19.1. The lowest BCUT2D eigenvalue weighted by atomic mass is 10.1. The molecule has 0 spiro atoms. The highest BCUT2D eigenvalue weighted by Gasteiger charge is 2.13. The van der Waals surface area contributed by atoms with Gasteiger partial charge in [0.25, 0.3) is 5.91 Å². The summed E-state index contributed by atoms with van der Waals surface area (Å²) >= 11 is 0. The van der Waals surface area contributed by atoms with Gasteiger partial charge in [-0.25, -0.2) is 4.39 Å². The molecule has 0 saturated carbocycles. The Morgan fingerprint density at radius 1 is 0.844 bits per heavy atom. The third-order valence-corrected chi connectivity index (χ3v) is 5.35. The molecule has 1 heterocycles. The number of carbonyl (C=O) groups excluding carboxylic acids is 1. The van der Waals surface area contributed by atoms with Gasteiger partial charge in [-0.15, -0.1) is 0 Å². The molecule has 1 N–H and O–H groups in total. The van der Waals surface area contributed by atoms with E-state index in [1.54, 1.807) is 36.4 Å². The third kappa shape index (κ3) is 4.23. The number of aryl methyl sites for hydroxylation is 1. The Kier molecular flexibility index (Phi) is 5.98. The summed E-state index contributed by atoms with van der Waals surface area (Å²) in [6.07, 6.45) is 0. The monoisotopic (exact) mass is 431 g/mol. The molecule has 4 rings (SSSR count). The van der Waals surface area contributed by atoms with E-state index in [-0.39, 0.29) is 24.8 Å². The van der Waals surface area contributed by atoms with Crippen LogP contribution in [0.15, 0.2) is 82.4 Å². The molecule has 0 bridgehead atoms. The lowest BCUT2D eigenvalue weighted by molar-refractivity contribution is 0.0951. The maximum absolute atomic E-state index is 13.3. The summed E-state index contributed by atoms with van der Waals surface area (Å²) in [4.78, 5) is 37.7. The van der Waals surface area contributed by atoms with E-state index >= 15 is 0 Å². The van der Waals surface area contributed by atoms with Crippen molar-refractivity contribution in [2.24, 2.45) is 0 Å². The zero-order valence-electron chi connectivity index (χ0n) is 17.5. The lowest BCUT2D eigenvalue weighted by Crippen LogP contribution is -2.41. The molecule has 162 valence electrons. The van der Waals surface area contributed by atoms with Crippen molar-refractivity contribution in [1.29, 1.82) is 0 Å². The Morgan fingerprint density at radius 2 is 1.50 bits per heavy atom. The summed E-state index contributed by atoms with van der Waals surface area (Å²) in [7, 11) is 0. The molecule has 1 aromatic heterocycles. The summed E-state index contributed by atoms with van der Waals surface area (Å²) in [5.74, 6) is -0.635. The molecular formula is C25H22FN3O3. The summed E-state index contributed by atoms with van der Waals surface area (Å²) in [6.45, 7) is 2.67. The Bertz CT molecular complexity index is 1400.